The van der Waals surface area contributed by atoms with E-state index >= 15 is 0 Å². The van der Waals surface area contributed by atoms with Crippen LogP contribution in [0, 0.1) is 5.92 Å². The maximum atomic E-state index is 12.3. The average molecular weight is 369 g/mol. The summed E-state index contributed by atoms with van der Waals surface area (Å²) in [5.41, 5.74) is 1.87. The number of amides is 2. The van der Waals surface area contributed by atoms with Crippen molar-refractivity contribution in [3.63, 3.8) is 0 Å². The van der Waals surface area contributed by atoms with Crippen LogP contribution in [0.3, 0.4) is 0 Å². The van der Waals surface area contributed by atoms with E-state index in [4.69, 9.17) is 4.74 Å². The van der Waals surface area contributed by atoms with E-state index in [9.17, 15) is 9.59 Å². The monoisotopic (exact) mass is 369 g/mol. The Balaban J connectivity index is 1.85. The third-order valence-electron chi connectivity index (χ3n) is 4.13. The Labute approximate surface area is 160 Å². The van der Waals surface area contributed by atoms with Crippen molar-refractivity contribution in [2.45, 2.75) is 26.7 Å². The molecule has 6 heteroatoms. The first-order valence-electron chi connectivity index (χ1n) is 9.14. The van der Waals surface area contributed by atoms with Gasteiger partial charge in [-0.2, -0.15) is 0 Å². The van der Waals surface area contributed by atoms with Crippen molar-refractivity contribution in [1.29, 1.82) is 0 Å². The molecule has 0 fully saturated rings. The molecule has 1 heterocycles. The van der Waals surface area contributed by atoms with Gasteiger partial charge in [0.2, 0.25) is 0 Å². The molecule has 2 aromatic rings. The minimum Gasteiger partial charge on any atom is -0.497 e. The molecular formula is C21H27N3O3. The van der Waals surface area contributed by atoms with Crippen molar-refractivity contribution in [3.8, 4) is 5.75 Å². The van der Waals surface area contributed by atoms with Gasteiger partial charge < -0.3 is 15.4 Å². The van der Waals surface area contributed by atoms with Gasteiger partial charge in [-0.15, -0.1) is 0 Å². The van der Waals surface area contributed by atoms with Gasteiger partial charge in [0.1, 0.15) is 5.75 Å². The molecule has 2 N–H and O–H groups in total. The first kappa shape index (κ1) is 20.4. The molecule has 0 saturated carbocycles. The Morgan fingerprint density at radius 3 is 2.15 bits per heavy atom. The van der Waals surface area contributed by atoms with Gasteiger partial charge in [-0.05, 0) is 42.5 Å². The summed E-state index contributed by atoms with van der Waals surface area (Å²) in [7, 11) is 1.63. The molecule has 1 aromatic heterocycles. The Morgan fingerprint density at radius 2 is 1.59 bits per heavy atom. The molecule has 0 saturated heterocycles. The van der Waals surface area contributed by atoms with Gasteiger partial charge in [-0.3, -0.25) is 14.6 Å². The molecule has 0 bridgehead atoms. The second-order valence-corrected chi connectivity index (χ2v) is 6.75. The van der Waals surface area contributed by atoms with Crippen LogP contribution >= 0.6 is 0 Å². The number of nitrogens with zero attached hydrogens (tertiary/aromatic N) is 1. The molecule has 2 amide bonds. The van der Waals surface area contributed by atoms with Gasteiger partial charge in [-0.1, -0.05) is 26.0 Å². The Bertz CT molecular complexity index is 758. The highest BCUT2D eigenvalue weighted by atomic mass is 16.5. The maximum absolute atomic E-state index is 12.3. The van der Waals surface area contributed by atoms with Gasteiger partial charge in [0.25, 0.3) is 11.8 Å². The summed E-state index contributed by atoms with van der Waals surface area (Å²) in [6.07, 6.45) is 4.55. The number of pyridine rings is 1. The molecule has 0 spiro atoms. The largest absolute Gasteiger partial charge is 0.497 e. The molecule has 0 aliphatic heterocycles. The minimum atomic E-state index is -0.243. The molecule has 0 atom stereocenters. The zero-order valence-electron chi connectivity index (χ0n) is 16.1. The van der Waals surface area contributed by atoms with Crippen molar-refractivity contribution in [3.05, 3.63) is 59.4 Å². The van der Waals surface area contributed by atoms with E-state index in [1.165, 1.54) is 12.4 Å². The topological polar surface area (TPSA) is 80.3 Å². The van der Waals surface area contributed by atoms with Crippen molar-refractivity contribution in [2.75, 3.05) is 20.2 Å². The number of aromatic nitrogens is 1. The van der Waals surface area contributed by atoms with E-state index in [1.54, 1.807) is 13.2 Å². The van der Waals surface area contributed by atoms with E-state index < -0.39 is 0 Å². The summed E-state index contributed by atoms with van der Waals surface area (Å²) in [4.78, 5) is 28.5. The molecule has 2 rings (SSSR count). The smallest absolute Gasteiger partial charge is 0.252 e. The Kier molecular flexibility index (Phi) is 7.79. The molecule has 144 valence electrons. The third-order valence-corrected chi connectivity index (χ3v) is 4.13. The fourth-order valence-corrected chi connectivity index (χ4v) is 2.48. The van der Waals surface area contributed by atoms with E-state index in [0.717, 1.165) is 17.7 Å². The van der Waals surface area contributed by atoms with Crippen LogP contribution in [-0.2, 0) is 6.42 Å². The van der Waals surface area contributed by atoms with Gasteiger partial charge in [-0.25, -0.2) is 0 Å². The van der Waals surface area contributed by atoms with Crippen LogP contribution in [0.4, 0.5) is 0 Å². The van der Waals surface area contributed by atoms with Gasteiger partial charge in [0.15, 0.2) is 0 Å². The summed E-state index contributed by atoms with van der Waals surface area (Å²) < 4.78 is 5.13. The van der Waals surface area contributed by atoms with E-state index in [1.807, 2.05) is 24.3 Å². The molecule has 0 aliphatic carbocycles. The number of rotatable bonds is 9. The number of methoxy groups -OCH3 is 1. The Morgan fingerprint density at radius 1 is 1.00 bits per heavy atom. The molecule has 0 unspecified atom stereocenters. The molecular weight excluding hydrogens is 342 g/mol. The third kappa shape index (κ3) is 6.73. The fourth-order valence-electron chi connectivity index (χ4n) is 2.48. The van der Waals surface area contributed by atoms with Gasteiger partial charge in [0.05, 0.1) is 18.2 Å². The summed E-state index contributed by atoms with van der Waals surface area (Å²) in [6, 6.07) is 9.29. The average Bonchev–Trinajstić information content (AvgIpc) is 2.68. The lowest BCUT2D eigenvalue weighted by Gasteiger charge is -2.09. The quantitative estimate of drug-likeness (QED) is 0.712. The van der Waals surface area contributed by atoms with E-state index in [2.05, 4.69) is 29.5 Å². The number of benzene rings is 1. The van der Waals surface area contributed by atoms with Crippen LogP contribution in [0.2, 0.25) is 0 Å². The SMILES string of the molecule is COc1ccc(CCNC(=O)c2cncc(C(=O)NCCC(C)C)c2)cc1. The van der Waals surface area contributed by atoms with E-state index in [-0.39, 0.29) is 11.8 Å². The number of hydrogen-bond acceptors (Lipinski definition) is 4. The molecule has 27 heavy (non-hydrogen) atoms. The first-order chi connectivity index (χ1) is 13.0. The predicted octanol–water partition coefficient (Wildman–Crippen LogP) is 2.84. The van der Waals surface area contributed by atoms with Crippen LogP contribution in [0.1, 0.15) is 46.5 Å². The highest BCUT2D eigenvalue weighted by Crippen LogP contribution is 2.11. The molecule has 0 aliphatic rings. The van der Waals surface area contributed by atoms with Crippen molar-refractivity contribution in [2.24, 2.45) is 5.92 Å². The molecule has 0 radical (unpaired) electrons. The minimum absolute atomic E-state index is 0.212. The van der Waals surface area contributed by atoms with Gasteiger partial charge in [0, 0.05) is 25.5 Å². The molecule has 1 aromatic carbocycles. The summed E-state index contributed by atoms with van der Waals surface area (Å²) >= 11 is 0. The predicted molar refractivity (Wildman–Crippen MR) is 105 cm³/mol. The lowest BCUT2D eigenvalue weighted by molar-refractivity contribution is 0.0951. The van der Waals surface area contributed by atoms with Crippen LogP contribution in [0.15, 0.2) is 42.7 Å². The highest BCUT2D eigenvalue weighted by Gasteiger charge is 2.11. The van der Waals surface area contributed by atoms with Crippen LogP contribution in [0.5, 0.6) is 5.75 Å². The number of hydrogen-bond donors (Lipinski definition) is 2. The zero-order valence-corrected chi connectivity index (χ0v) is 16.1. The van der Waals surface area contributed by atoms with Crippen molar-refractivity contribution in [1.82, 2.24) is 15.6 Å². The van der Waals surface area contributed by atoms with Gasteiger partial charge >= 0.3 is 0 Å². The van der Waals surface area contributed by atoms with Crippen molar-refractivity contribution < 1.29 is 14.3 Å². The first-order valence-corrected chi connectivity index (χ1v) is 9.14. The number of carbonyl (C=O) groups excluding carboxylic acids is 2. The van der Waals surface area contributed by atoms with Crippen LogP contribution in [0.25, 0.3) is 0 Å². The fraction of sp³-hybridized carbons (Fsp3) is 0.381. The summed E-state index contributed by atoms with van der Waals surface area (Å²) in [6.45, 7) is 5.31. The normalized spacial score (nSPS) is 10.5. The van der Waals surface area contributed by atoms with E-state index in [0.29, 0.717) is 36.6 Å². The standard InChI is InChI=1S/C21H27N3O3/c1-15(2)8-10-23-20(25)17-12-18(14-22-13-17)21(26)24-11-9-16-4-6-19(27-3)7-5-16/h4-7,12-15H,8-11H2,1-3H3,(H,23,25)(H,24,26). The number of nitrogens with one attached hydrogen (secondary N) is 2. The lowest BCUT2D eigenvalue weighted by atomic mass is 10.1. The van der Waals surface area contributed by atoms with Crippen molar-refractivity contribution >= 4 is 11.8 Å². The van der Waals surface area contributed by atoms with Crippen LogP contribution < -0.4 is 15.4 Å². The van der Waals surface area contributed by atoms with Crippen LogP contribution in [-0.4, -0.2) is 37.0 Å². The summed E-state index contributed by atoms with van der Waals surface area (Å²) in [5.74, 6) is 0.868. The maximum Gasteiger partial charge on any atom is 0.252 e. The zero-order chi connectivity index (χ0) is 19.6. The highest BCUT2D eigenvalue weighted by molar-refractivity contribution is 5.99. The second kappa shape index (κ2) is 10.3. The number of carbonyl (C=O) groups is 2. The molecule has 6 nitrogen and oxygen atoms in total. The summed E-state index contributed by atoms with van der Waals surface area (Å²) in [5, 5.41) is 5.71. The second-order valence-electron chi connectivity index (χ2n) is 6.75. The lowest BCUT2D eigenvalue weighted by Crippen LogP contribution is -2.28. The number of ether oxygens (including phenoxy) is 1. The Hall–Kier alpha value is -2.89.